The SMILES string of the molecule is COC(=O)c1ccc2nc(-c3cc(OC)c(O)c(O)c3F)n(C3(C)COC3)c2c1. The Kier molecular flexibility index (Phi) is 4.34. The molecule has 1 aliphatic rings. The molecular formula is C20H19FN2O6. The third-order valence-electron chi connectivity index (χ3n) is 5.08. The maximum absolute atomic E-state index is 14.9. The van der Waals surface area contributed by atoms with E-state index in [0.29, 0.717) is 29.8 Å². The van der Waals surface area contributed by atoms with Crippen LogP contribution in [-0.4, -0.2) is 53.2 Å². The zero-order valence-corrected chi connectivity index (χ0v) is 16.0. The molecule has 0 atom stereocenters. The maximum atomic E-state index is 14.9. The third-order valence-corrected chi connectivity index (χ3v) is 5.08. The van der Waals surface area contributed by atoms with Gasteiger partial charge in [0.15, 0.2) is 17.3 Å². The molecule has 3 aromatic rings. The molecule has 1 saturated heterocycles. The molecule has 0 amide bonds. The Bertz CT molecular complexity index is 1140. The van der Waals surface area contributed by atoms with Crippen LogP contribution in [0.25, 0.3) is 22.4 Å². The van der Waals surface area contributed by atoms with Crippen LogP contribution in [0.15, 0.2) is 24.3 Å². The molecule has 4 rings (SSSR count). The summed E-state index contributed by atoms with van der Waals surface area (Å²) in [5.74, 6) is -3.05. The Morgan fingerprint density at radius 3 is 2.55 bits per heavy atom. The number of benzene rings is 2. The van der Waals surface area contributed by atoms with Crippen molar-refractivity contribution in [2.24, 2.45) is 0 Å². The average molecular weight is 402 g/mol. The van der Waals surface area contributed by atoms with Crippen LogP contribution in [-0.2, 0) is 15.0 Å². The van der Waals surface area contributed by atoms with E-state index in [1.807, 2.05) is 6.92 Å². The molecule has 2 heterocycles. The van der Waals surface area contributed by atoms with E-state index in [-0.39, 0.29) is 17.1 Å². The number of esters is 1. The van der Waals surface area contributed by atoms with E-state index >= 15 is 0 Å². The Balaban J connectivity index is 2.04. The zero-order chi connectivity index (χ0) is 20.9. The minimum Gasteiger partial charge on any atom is -0.502 e. The molecule has 1 aliphatic heterocycles. The first-order valence-electron chi connectivity index (χ1n) is 8.78. The molecule has 29 heavy (non-hydrogen) atoms. The van der Waals surface area contributed by atoms with Gasteiger partial charge in [0, 0.05) is 0 Å². The number of carbonyl (C=O) groups excluding carboxylic acids is 1. The minimum atomic E-state index is -1.03. The summed E-state index contributed by atoms with van der Waals surface area (Å²) in [4.78, 5) is 16.5. The quantitative estimate of drug-likeness (QED) is 0.511. The summed E-state index contributed by atoms with van der Waals surface area (Å²) in [5, 5.41) is 19.9. The number of fused-ring (bicyclic) bond motifs is 1. The van der Waals surface area contributed by atoms with Gasteiger partial charge < -0.3 is 29.0 Å². The Morgan fingerprint density at radius 1 is 1.24 bits per heavy atom. The largest absolute Gasteiger partial charge is 0.502 e. The van der Waals surface area contributed by atoms with Gasteiger partial charge in [-0.05, 0) is 31.2 Å². The lowest BCUT2D eigenvalue weighted by molar-refractivity contribution is -0.0868. The van der Waals surface area contributed by atoms with E-state index < -0.39 is 28.8 Å². The highest BCUT2D eigenvalue weighted by atomic mass is 19.1. The summed E-state index contributed by atoms with van der Waals surface area (Å²) in [6, 6.07) is 6.10. The number of imidazole rings is 1. The molecule has 2 N–H and O–H groups in total. The maximum Gasteiger partial charge on any atom is 0.337 e. The molecule has 1 aromatic heterocycles. The van der Waals surface area contributed by atoms with Crippen LogP contribution >= 0.6 is 0 Å². The fourth-order valence-corrected chi connectivity index (χ4v) is 3.50. The van der Waals surface area contributed by atoms with E-state index in [9.17, 15) is 19.4 Å². The number of rotatable bonds is 4. The summed E-state index contributed by atoms with van der Waals surface area (Å²) in [6.45, 7) is 2.63. The van der Waals surface area contributed by atoms with Gasteiger partial charge in [-0.3, -0.25) is 0 Å². The number of ether oxygens (including phenoxy) is 3. The predicted octanol–water partition coefficient (Wildman–Crippen LogP) is 2.79. The van der Waals surface area contributed by atoms with E-state index in [2.05, 4.69) is 4.98 Å². The fourth-order valence-electron chi connectivity index (χ4n) is 3.50. The van der Waals surface area contributed by atoms with Crippen molar-refractivity contribution < 1.29 is 33.6 Å². The van der Waals surface area contributed by atoms with Crippen LogP contribution in [0, 0.1) is 5.82 Å². The second kappa shape index (κ2) is 6.63. The van der Waals surface area contributed by atoms with Gasteiger partial charge >= 0.3 is 5.97 Å². The molecule has 1 fully saturated rings. The van der Waals surface area contributed by atoms with Crippen molar-refractivity contribution in [3.8, 4) is 28.6 Å². The van der Waals surface area contributed by atoms with Crippen molar-refractivity contribution in [2.45, 2.75) is 12.5 Å². The first kappa shape index (κ1) is 19.0. The highest BCUT2D eigenvalue weighted by Gasteiger charge is 2.39. The minimum absolute atomic E-state index is 0.0545. The van der Waals surface area contributed by atoms with E-state index in [1.165, 1.54) is 20.3 Å². The van der Waals surface area contributed by atoms with E-state index in [0.717, 1.165) is 0 Å². The second-order valence-electron chi connectivity index (χ2n) is 7.09. The summed E-state index contributed by atoms with van der Waals surface area (Å²) in [6.07, 6.45) is 0. The number of hydrogen-bond donors (Lipinski definition) is 2. The second-order valence-corrected chi connectivity index (χ2v) is 7.09. The van der Waals surface area contributed by atoms with E-state index in [1.54, 1.807) is 22.8 Å². The molecule has 0 bridgehead atoms. The summed E-state index contributed by atoms with van der Waals surface area (Å²) < 4.78 is 31.9. The van der Waals surface area contributed by atoms with Crippen LogP contribution in [0.2, 0.25) is 0 Å². The molecule has 8 nitrogen and oxygen atoms in total. The molecule has 0 radical (unpaired) electrons. The van der Waals surface area contributed by atoms with Gasteiger partial charge in [0.25, 0.3) is 0 Å². The van der Waals surface area contributed by atoms with Gasteiger partial charge in [0.1, 0.15) is 5.82 Å². The molecule has 0 spiro atoms. The highest BCUT2D eigenvalue weighted by Crippen LogP contribution is 2.44. The van der Waals surface area contributed by atoms with Gasteiger partial charge in [-0.2, -0.15) is 0 Å². The smallest absolute Gasteiger partial charge is 0.337 e. The molecule has 2 aromatic carbocycles. The molecule has 9 heteroatoms. The number of phenols is 2. The number of halogens is 1. The van der Waals surface area contributed by atoms with Gasteiger partial charge in [-0.1, -0.05) is 0 Å². The number of methoxy groups -OCH3 is 2. The molecule has 152 valence electrons. The summed E-state index contributed by atoms with van der Waals surface area (Å²) >= 11 is 0. The molecular weight excluding hydrogens is 383 g/mol. The highest BCUT2D eigenvalue weighted by molar-refractivity contribution is 5.94. The number of aromatic hydroxyl groups is 2. The van der Waals surface area contributed by atoms with Crippen molar-refractivity contribution in [3.05, 3.63) is 35.6 Å². The topological polar surface area (TPSA) is 103 Å². The molecule has 0 aliphatic carbocycles. The predicted molar refractivity (Wildman–Crippen MR) is 101 cm³/mol. The van der Waals surface area contributed by atoms with Crippen LogP contribution in [0.5, 0.6) is 17.2 Å². The number of nitrogens with zero attached hydrogens (tertiary/aromatic N) is 2. The van der Waals surface area contributed by atoms with Crippen molar-refractivity contribution in [1.29, 1.82) is 0 Å². The van der Waals surface area contributed by atoms with Gasteiger partial charge in [0.05, 0.1) is 55.1 Å². The third kappa shape index (κ3) is 2.77. The zero-order valence-electron chi connectivity index (χ0n) is 16.0. The fraction of sp³-hybridized carbons (Fsp3) is 0.300. The number of carbonyl (C=O) groups is 1. The first-order valence-corrected chi connectivity index (χ1v) is 8.78. The lowest BCUT2D eigenvalue weighted by Gasteiger charge is -2.40. The lowest BCUT2D eigenvalue weighted by Crippen LogP contribution is -2.49. The first-order chi connectivity index (χ1) is 13.8. The van der Waals surface area contributed by atoms with Crippen molar-refractivity contribution in [2.75, 3.05) is 27.4 Å². The van der Waals surface area contributed by atoms with E-state index in [4.69, 9.17) is 14.2 Å². The van der Waals surface area contributed by atoms with Crippen molar-refractivity contribution in [1.82, 2.24) is 9.55 Å². The summed E-state index contributed by atoms with van der Waals surface area (Å²) in [5.41, 5.74) is 0.821. The lowest BCUT2D eigenvalue weighted by atomic mass is 9.98. The molecule has 0 saturated carbocycles. The van der Waals surface area contributed by atoms with Crippen LogP contribution in [0.1, 0.15) is 17.3 Å². The Morgan fingerprint density at radius 2 is 1.97 bits per heavy atom. The molecule has 0 unspecified atom stereocenters. The van der Waals surface area contributed by atoms with Gasteiger partial charge in [0.2, 0.25) is 5.75 Å². The summed E-state index contributed by atoms with van der Waals surface area (Å²) in [7, 11) is 2.58. The van der Waals surface area contributed by atoms with Crippen LogP contribution in [0.4, 0.5) is 4.39 Å². The monoisotopic (exact) mass is 402 g/mol. The van der Waals surface area contributed by atoms with Gasteiger partial charge in [-0.15, -0.1) is 0 Å². The van der Waals surface area contributed by atoms with Gasteiger partial charge in [-0.25, -0.2) is 14.2 Å². The number of hydrogen-bond acceptors (Lipinski definition) is 7. The standard InChI is InChI=1S/C20H19FN2O6/c1-20(8-29-9-20)23-13-6-10(19(26)28-3)4-5-12(13)22-18(23)11-7-14(27-2)16(24)17(25)15(11)21/h4-7,24-25H,8-9H2,1-3H3. The van der Waals surface area contributed by atoms with Crippen LogP contribution in [0.3, 0.4) is 0 Å². The Labute approximate surface area is 165 Å². The average Bonchev–Trinajstić information content (AvgIpc) is 3.08. The van der Waals surface area contributed by atoms with Crippen molar-refractivity contribution >= 4 is 17.0 Å². The van der Waals surface area contributed by atoms with Crippen molar-refractivity contribution in [3.63, 3.8) is 0 Å². The normalized spacial score (nSPS) is 15.2. The number of phenolic OH excluding ortho intramolecular Hbond substituents is 2. The number of aromatic nitrogens is 2. The van der Waals surface area contributed by atoms with Crippen LogP contribution < -0.4 is 4.74 Å². The Hall–Kier alpha value is -3.33.